The topological polar surface area (TPSA) is 121 Å². The second-order valence-electron chi connectivity index (χ2n) is 13.0. The van der Waals surface area contributed by atoms with E-state index in [4.69, 9.17) is 0 Å². The fraction of sp³-hybridized carbons (Fsp3) is 0.593. The van der Waals surface area contributed by atoms with Crippen molar-refractivity contribution in [2.45, 2.75) is 92.2 Å². The lowest BCUT2D eigenvalue weighted by atomic mass is 9.72. The molecule has 3 rings (SSSR count). The first-order valence-corrected chi connectivity index (χ1v) is 14.5. The zero-order valence-electron chi connectivity index (χ0n) is 23.8. The van der Waals surface area contributed by atoms with Crippen molar-refractivity contribution in [3.63, 3.8) is 0 Å². The predicted molar refractivity (Wildman–Crippen MR) is 147 cm³/mol. The van der Waals surface area contributed by atoms with Gasteiger partial charge in [0.2, 0.25) is 10.0 Å². The standard InChI is InChI=1S/C27H42N6O3S/c1-17(23-30-29-22-14-21(26(5,6)7)31-33(22)23)28-15-18-11-12-19(27(8,9)16-25(2,3)4)13-20(18)24(34)32-37(10,35)36/h11-14,17,28,31H,15-16H2,1-10H3,(H,32,34). The molecule has 1 aromatic carbocycles. The molecule has 0 spiro atoms. The molecule has 0 aliphatic rings. The Hall–Kier alpha value is -2.72. The van der Waals surface area contributed by atoms with E-state index < -0.39 is 15.9 Å². The second kappa shape index (κ2) is 9.87. The van der Waals surface area contributed by atoms with Gasteiger partial charge in [-0.15, -0.1) is 10.2 Å². The average Bonchev–Trinajstić information content (AvgIpc) is 3.29. The van der Waals surface area contributed by atoms with Crippen LogP contribution in [0.2, 0.25) is 0 Å². The third-order valence-corrected chi connectivity index (χ3v) is 6.96. The van der Waals surface area contributed by atoms with Crippen LogP contribution in [0.3, 0.4) is 0 Å². The van der Waals surface area contributed by atoms with Gasteiger partial charge in [0, 0.05) is 29.3 Å². The minimum Gasteiger partial charge on any atom is -0.303 e. The van der Waals surface area contributed by atoms with Crippen LogP contribution in [0.5, 0.6) is 0 Å². The molecule has 9 nitrogen and oxygen atoms in total. The van der Waals surface area contributed by atoms with Gasteiger partial charge in [-0.05, 0) is 41.4 Å². The van der Waals surface area contributed by atoms with Gasteiger partial charge in [0.15, 0.2) is 11.5 Å². The Morgan fingerprint density at radius 1 is 1.05 bits per heavy atom. The molecular weight excluding hydrogens is 488 g/mol. The summed E-state index contributed by atoms with van der Waals surface area (Å²) in [6, 6.07) is 7.56. The first-order chi connectivity index (χ1) is 16.8. The lowest BCUT2D eigenvalue weighted by Crippen LogP contribution is -2.32. The fourth-order valence-electron chi connectivity index (χ4n) is 4.83. The number of fused-ring (bicyclic) bond motifs is 1. The highest BCUT2D eigenvalue weighted by atomic mass is 32.2. The molecule has 10 heteroatoms. The molecule has 0 aliphatic heterocycles. The van der Waals surface area contributed by atoms with Crippen LogP contribution in [0.1, 0.15) is 108 Å². The summed E-state index contributed by atoms with van der Waals surface area (Å²) in [4.78, 5) is 13.0. The number of amides is 1. The number of benzene rings is 1. The number of rotatable bonds is 8. The summed E-state index contributed by atoms with van der Waals surface area (Å²) in [5.74, 6) is 0.0833. The van der Waals surface area contributed by atoms with Crippen LogP contribution in [0.25, 0.3) is 5.65 Å². The van der Waals surface area contributed by atoms with Crippen LogP contribution in [-0.4, -0.2) is 40.4 Å². The number of hydrogen-bond acceptors (Lipinski definition) is 6. The minimum absolute atomic E-state index is 0.0565. The number of aromatic nitrogens is 4. The van der Waals surface area contributed by atoms with Crippen LogP contribution >= 0.6 is 0 Å². The average molecular weight is 531 g/mol. The molecule has 0 aliphatic carbocycles. The van der Waals surface area contributed by atoms with Gasteiger partial charge in [-0.25, -0.2) is 17.7 Å². The van der Waals surface area contributed by atoms with Crippen molar-refractivity contribution >= 4 is 21.6 Å². The van der Waals surface area contributed by atoms with E-state index in [1.54, 1.807) is 0 Å². The van der Waals surface area contributed by atoms with Gasteiger partial charge in [-0.1, -0.05) is 67.5 Å². The summed E-state index contributed by atoms with van der Waals surface area (Å²) in [5.41, 5.74) is 3.64. The van der Waals surface area contributed by atoms with E-state index in [0.29, 0.717) is 17.7 Å². The van der Waals surface area contributed by atoms with E-state index in [9.17, 15) is 13.2 Å². The molecule has 2 aromatic heterocycles. The van der Waals surface area contributed by atoms with Crippen molar-refractivity contribution in [2.75, 3.05) is 6.26 Å². The second-order valence-corrected chi connectivity index (χ2v) is 14.7. The minimum atomic E-state index is -3.71. The molecule has 0 radical (unpaired) electrons. The Kier molecular flexibility index (Phi) is 7.69. The maximum absolute atomic E-state index is 13.0. The first kappa shape index (κ1) is 28.8. The van der Waals surface area contributed by atoms with Gasteiger partial charge in [0.1, 0.15) is 0 Å². The summed E-state index contributed by atoms with van der Waals surface area (Å²) >= 11 is 0. The van der Waals surface area contributed by atoms with E-state index in [1.807, 2.05) is 35.7 Å². The van der Waals surface area contributed by atoms with Gasteiger partial charge >= 0.3 is 0 Å². The van der Waals surface area contributed by atoms with E-state index in [-0.39, 0.29) is 22.3 Å². The Balaban J connectivity index is 1.91. The number of carbonyl (C=O) groups excluding carboxylic acids is 1. The van der Waals surface area contributed by atoms with E-state index in [2.05, 4.69) is 80.7 Å². The van der Waals surface area contributed by atoms with Crippen LogP contribution in [0, 0.1) is 5.41 Å². The number of H-pyrrole nitrogens is 1. The molecule has 2 heterocycles. The van der Waals surface area contributed by atoms with Crippen LogP contribution in [0.15, 0.2) is 24.3 Å². The molecule has 1 atom stereocenters. The van der Waals surface area contributed by atoms with E-state index in [0.717, 1.165) is 35.4 Å². The lowest BCUT2D eigenvalue weighted by molar-refractivity contribution is 0.0980. The number of hydrogen-bond donors (Lipinski definition) is 3. The predicted octanol–water partition coefficient (Wildman–Crippen LogP) is 4.61. The molecule has 0 bridgehead atoms. The Labute approximate surface area is 220 Å². The zero-order chi connectivity index (χ0) is 28.0. The molecule has 204 valence electrons. The molecule has 0 saturated heterocycles. The van der Waals surface area contributed by atoms with Crippen molar-refractivity contribution in [3.05, 3.63) is 52.5 Å². The number of sulfonamides is 1. The highest BCUT2D eigenvalue weighted by molar-refractivity contribution is 7.89. The lowest BCUT2D eigenvalue weighted by Gasteiger charge is -2.33. The Morgan fingerprint density at radius 3 is 2.27 bits per heavy atom. The largest absolute Gasteiger partial charge is 0.303 e. The Bertz CT molecular complexity index is 1390. The molecule has 3 aromatic rings. The summed E-state index contributed by atoms with van der Waals surface area (Å²) in [6.45, 7) is 19.5. The smallest absolute Gasteiger partial charge is 0.265 e. The van der Waals surface area contributed by atoms with Gasteiger partial charge < -0.3 is 5.32 Å². The van der Waals surface area contributed by atoms with E-state index >= 15 is 0 Å². The monoisotopic (exact) mass is 530 g/mol. The van der Waals surface area contributed by atoms with Crippen molar-refractivity contribution in [1.29, 1.82) is 0 Å². The number of aromatic amines is 1. The van der Waals surface area contributed by atoms with Crippen molar-refractivity contribution in [2.24, 2.45) is 5.41 Å². The highest BCUT2D eigenvalue weighted by Crippen LogP contribution is 2.37. The van der Waals surface area contributed by atoms with Crippen LogP contribution < -0.4 is 10.0 Å². The number of carbonyl (C=O) groups is 1. The van der Waals surface area contributed by atoms with Gasteiger partial charge in [0.25, 0.3) is 5.91 Å². The molecule has 1 amide bonds. The molecule has 37 heavy (non-hydrogen) atoms. The van der Waals surface area contributed by atoms with Crippen LogP contribution in [-0.2, 0) is 27.4 Å². The molecule has 3 N–H and O–H groups in total. The quantitative estimate of drug-likeness (QED) is 0.391. The van der Waals surface area contributed by atoms with E-state index in [1.165, 1.54) is 0 Å². The SMILES string of the molecule is CC(NCc1ccc(C(C)(C)CC(C)(C)C)cc1C(=O)NS(C)(=O)=O)c1nnc2cc(C(C)(C)C)[nH]n12. The molecular formula is C27H42N6O3S. The highest BCUT2D eigenvalue weighted by Gasteiger charge is 2.29. The Morgan fingerprint density at radius 2 is 1.70 bits per heavy atom. The number of nitrogens with zero attached hydrogens (tertiary/aromatic N) is 3. The normalized spacial score (nSPS) is 14.2. The summed E-state index contributed by atoms with van der Waals surface area (Å²) in [5, 5.41) is 15.4. The summed E-state index contributed by atoms with van der Waals surface area (Å²) < 4.78 is 27.7. The first-order valence-electron chi connectivity index (χ1n) is 12.6. The number of nitrogens with one attached hydrogen (secondary N) is 3. The third-order valence-electron chi connectivity index (χ3n) is 6.40. The molecule has 0 saturated carbocycles. The summed E-state index contributed by atoms with van der Waals surface area (Å²) in [7, 11) is -3.71. The van der Waals surface area contributed by atoms with Crippen molar-refractivity contribution in [1.82, 2.24) is 29.9 Å². The fourth-order valence-corrected chi connectivity index (χ4v) is 5.28. The van der Waals surface area contributed by atoms with Crippen molar-refractivity contribution < 1.29 is 13.2 Å². The third kappa shape index (κ3) is 7.19. The maximum Gasteiger partial charge on any atom is 0.265 e. The van der Waals surface area contributed by atoms with Crippen molar-refractivity contribution in [3.8, 4) is 0 Å². The maximum atomic E-state index is 13.0. The molecule has 1 unspecified atom stereocenters. The molecule has 0 fully saturated rings. The van der Waals surface area contributed by atoms with Crippen LogP contribution in [0.4, 0.5) is 0 Å². The van der Waals surface area contributed by atoms with Gasteiger partial charge in [0.05, 0.1) is 12.3 Å². The zero-order valence-corrected chi connectivity index (χ0v) is 24.6. The van der Waals surface area contributed by atoms with Gasteiger partial charge in [-0.3, -0.25) is 9.89 Å². The van der Waals surface area contributed by atoms with Gasteiger partial charge in [-0.2, -0.15) is 0 Å². The summed E-state index contributed by atoms with van der Waals surface area (Å²) in [6.07, 6.45) is 1.88.